The van der Waals surface area contributed by atoms with Crippen molar-refractivity contribution in [3.05, 3.63) is 12.2 Å². The van der Waals surface area contributed by atoms with Crippen LogP contribution in [0.4, 0.5) is 0 Å². The van der Waals surface area contributed by atoms with Gasteiger partial charge in [0.2, 0.25) is 0 Å². The molecular weight excluding hydrogens is 949 g/mol. The lowest BCUT2D eigenvalue weighted by Gasteiger charge is -2.18. The van der Waals surface area contributed by atoms with E-state index in [0.29, 0.717) is 19.3 Å². The summed E-state index contributed by atoms with van der Waals surface area (Å²) < 4.78 is 17.0. The zero-order valence-electron chi connectivity index (χ0n) is 52.5. The summed E-state index contributed by atoms with van der Waals surface area (Å²) in [6.07, 6.45) is 79.6. The molecule has 0 amide bonds. The van der Waals surface area contributed by atoms with Gasteiger partial charge in [-0.05, 0) is 44.9 Å². The van der Waals surface area contributed by atoms with Crippen LogP contribution in [0.15, 0.2) is 12.2 Å². The van der Waals surface area contributed by atoms with Gasteiger partial charge >= 0.3 is 17.9 Å². The molecule has 6 nitrogen and oxygen atoms in total. The average molecular weight is 1090 g/mol. The fraction of sp³-hybridized carbons (Fsp3) is 0.930. The summed E-state index contributed by atoms with van der Waals surface area (Å²) in [6.45, 7) is 6.72. The SMILES string of the molecule is CCCCCCCCCC/C=C\CCCCCCCCCCCCCCCCCC(=O)OCC(COC(=O)CCCCCCCCCCCCCC)OC(=O)CCCCCCCCCCCCCCCCCCCCCC. The highest BCUT2D eigenvalue weighted by Crippen LogP contribution is 2.19. The number of allylic oxidation sites excluding steroid dienone is 2. The third kappa shape index (κ3) is 64.9. The van der Waals surface area contributed by atoms with E-state index in [2.05, 4.69) is 32.9 Å². The fourth-order valence-corrected chi connectivity index (χ4v) is 11.0. The minimum atomic E-state index is -0.765. The molecule has 77 heavy (non-hydrogen) atoms. The summed E-state index contributed by atoms with van der Waals surface area (Å²) in [7, 11) is 0. The van der Waals surface area contributed by atoms with Crippen LogP contribution in [0, 0.1) is 0 Å². The molecule has 0 fully saturated rings. The molecule has 0 aromatic heterocycles. The minimum Gasteiger partial charge on any atom is -0.462 e. The number of carbonyl (C=O) groups is 3. The lowest BCUT2D eigenvalue weighted by atomic mass is 10.0. The van der Waals surface area contributed by atoms with Crippen LogP contribution < -0.4 is 0 Å². The van der Waals surface area contributed by atoms with Crippen molar-refractivity contribution in [3.63, 3.8) is 0 Å². The Labute approximate surface area is 481 Å². The van der Waals surface area contributed by atoms with Gasteiger partial charge in [0.05, 0.1) is 0 Å². The van der Waals surface area contributed by atoms with Gasteiger partial charge in [0.25, 0.3) is 0 Å². The largest absolute Gasteiger partial charge is 0.462 e. The summed E-state index contributed by atoms with van der Waals surface area (Å²) in [5, 5.41) is 0. The van der Waals surface area contributed by atoms with Gasteiger partial charge < -0.3 is 14.2 Å². The maximum Gasteiger partial charge on any atom is 0.306 e. The summed E-state index contributed by atoms with van der Waals surface area (Å²) >= 11 is 0. The van der Waals surface area contributed by atoms with Gasteiger partial charge in [-0.15, -0.1) is 0 Å². The monoisotopic (exact) mass is 1090 g/mol. The number of hydrogen-bond donors (Lipinski definition) is 0. The average Bonchev–Trinajstić information content (AvgIpc) is 3.43. The molecule has 0 aromatic rings. The zero-order valence-corrected chi connectivity index (χ0v) is 52.5. The number of rotatable bonds is 66. The van der Waals surface area contributed by atoms with Gasteiger partial charge in [0, 0.05) is 19.3 Å². The van der Waals surface area contributed by atoms with Crippen molar-refractivity contribution in [2.75, 3.05) is 13.2 Å². The Balaban J connectivity index is 4.16. The van der Waals surface area contributed by atoms with Gasteiger partial charge in [-0.25, -0.2) is 0 Å². The van der Waals surface area contributed by atoms with Crippen LogP contribution in [0.1, 0.15) is 406 Å². The standard InChI is InChI=1S/C71H136O6/c1-4-7-10-13-16-19-22-25-27-29-31-33-34-35-36-37-38-39-41-42-44-46-49-52-55-58-61-64-70(73)76-67-68(66-75-69(72)63-60-57-54-51-48-24-21-18-15-12-9-6-3)77-71(74)65-62-59-56-53-50-47-45-43-40-32-30-28-26-23-20-17-14-11-8-5-2/h29,31,68H,4-28,30,32-67H2,1-3H3/b31-29-. The second-order valence-corrected chi connectivity index (χ2v) is 24.2. The molecule has 0 aliphatic rings. The van der Waals surface area contributed by atoms with E-state index in [1.165, 1.54) is 308 Å². The molecule has 0 N–H and O–H groups in total. The van der Waals surface area contributed by atoms with Crippen molar-refractivity contribution in [3.8, 4) is 0 Å². The van der Waals surface area contributed by atoms with E-state index in [1.807, 2.05) is 0 Å². The van der Waals surface area contributed by atoms with Crippen LogP contribution in [0.3, 0.4) is 0 Å². The maximum absolute atomic E-state index is 12.9. The first-order chi connectivity index (χ1) is 38.0. The maximum atomic E-state index is 12.9. The highest BCUT2D eigenvalue weighted by atomic mass is 16.6. The van der Waals surface area contributed by atoms with Crippen molar-refractivity contribution in [2.45, 2.75) is 412 Å². The van der Waals surface area contributed by atoms with Crippen molar-refractivity contribution >= 4 is 17.9 Å². The second kappa shape index (κ2) is 66.7. The highest BCUT2D eigenvalue weighted by Gasteiger charge is 2.19. The molecule has 1 atom stereocenters. The molecule has 0 spiro atoms. The van der Waals surface area contributed by atoms with Gasteiger partial charge in [-0.3, -0.25) is 14.4 Å². The Morgan fingerprint density at radius 3 is 0.649 bits per heavy atom. The smallest absolute Gasteiger partial charge is 0.306 e. The van der Waals surface area contributed by atoms with E-state index in [1.54, 1.807) is 0 Å². The molecule has 0 saturated carbocycles. The van der Waals surface area contributed by atoms with Crippen molar-refractivity contribution in [2.24, 2.45) is 0 Å². The van der Waals surface area contributed by atoms with Gasteiger partial charge in [-0.2, -0.15) is 0 Å². The van der Waals surface area contributed by atoms with Crippen LogP contribution in [-0.2, 0) is 28.6 Å². The topological polar surface area (TPSA) is 78.9 Å². The molecule has 0 saturated heterocycles. The first-order valence-electron chi connectivity index (χ1n) is 35.2. The molecule has 1 unspecified atom stereocenters. The lowest BCUT2D eigenvalue weighted by Crippen LogP contribution is -2.30. The Morgan fingerprint density at radius 1 is 0.247 bits per heavy atom. The minimum absolute atomic E-state index is 0.0624. The lowest BCUT2D eigenvalue weighted by molar-refractivity contribution is -0.167. The third-order valence-electron chi connectivity index (χ3n) is 16.3. The number of esters is 3. The Hall–Kier alpha value is -1.85. The predicted octanol–water partition coefficient (Wildman–Crippen LogP) is 24.0. The number of hydrogen-bond acceptors (Lipinski definition) is 6. The van der Waals surface area contributed by atoms with E-state index >= 15 is 0 Å². The van der Waals surface area contributed by atoms with Crippen molar-refractivity contribution in [1.82, 2.24) is 0 Å². The molecule has 456 valence electrons. The molecule has 0 bridgehead atoms. The van der Waals surface area contributed by atoms with Crippen molar-refractivity contribution < 1.29 is 28.6 Å². The molecule has 0 aliphatic carbocycles. The molecular formula is C71H136O6. The van der Waals surface area contributed by atoms with Crippen LogP contribution in [0.2, 0.25) is 0 Å². The summed E-state index contributed by atoms with van der Waals surface area (Å²) in [4.78, 5) is 38.4. The van der Waals surface area contributed by atoms with Crippen LogP contribution in [0.5, 0.6) is 0 Å². The van der Waals surface area contributed by atoms with E-state index in [4.69, 9.17) is 14.2 Å². The highest BCUT2D eigenvalue weighted by molar-refractivity contribution is 5.71. The predicted molar refractivity (Wildman–Crippen MR) is 335 cm³/mol. The van der Waals surface area contributed by atoms with Gasteiger partial charge in [0.15, 0.2) is 6.10 Å². The molecule has 0 radical (unpaired) electrons. The van der Waals surface area contributed by atoms with E-state index < -0.39 is 6.10 Å². The third-order valence-corrected chi connectivity index (χ3v) is 16.3. The Morgan fingerprint density at radius 2 is 0.429 bits per heavy atom. The number of carbonyl (C=O) groups excluding carboxylic acids is 3. The van der Waals surface area contributed by atoms with Gasteiger partial charge in [0.1, 0.15) is 13.2 Å². The Bertz CT molecular complexity index is 1200. The first-order valence-corrected chi connectivity index (χ1v) is 35.2. The summed E-state index contributed by atoms with van der Waals surface area (Å²) in [5.41, 5.74) is 0. The van der Waals surface area contributed by atoms with E-state index in [-0.39, 0.29) is 31.1 Å². The normalized spacial score (nSPS) is 12.0. The molecule has 6 heteroatoms. The summed E-state index contributed by atoms with van der Waals surface area (Å²) in [5.74, 6) is -0.827. The zero-order chi connectivity index (χ0) is 55.7. The first kappa shape index (κ1) is 75.2. The van der Waals surface area contributed by atoms with Crippen LogP contribution in [0.25, 0.3) is 0 Å². The Kier molecular flexibility index (Phi) is 65.1. The molecule has 0 aromatic carbocycles. The van der Waals surface area contributed by atoms with Crippen LogP contribution >= 0.6 is 0 Å². The number of unbranched alkanes of at least 4 members (excludes halogenated alkanes) is 53. The van der Waals surface area contributed by atoms with Crippen molar-refractivity contribution in [1.29, 1.82) is 0 Å². The number of ether oxygens (including phenoxy) is 3. The van der Waals surface area contributed by atoms with Crippen LogP contribution in [-0.4, -0.2) is 37.2 Å². The molecule has 0 heterocycles. The summed E-state index contributed by atoms with van der Waals surface area (Å²) in [6, 6.07) is 0. The van der Waals surface area contributed by atoms with Gasteiger partial charge in [-0.1, -0.05) is 354 Å². The molecule has 0 aliphatic heterocycles. The quantitative estimate of drug-likeness (QED) is 0.0261. The fourth-order valence-electron chi connectivity index (χ4n) is 11.0. The second-order valence-electron chi connectivity index (χ2n) is 24.2. The van der Waals surface area contributed by atoms with E-state index in [9.17, 15) is 14.4 Å². The molecule has 0 rings (SSSR count). The van der Waals surface area contributed by atoms with E-state index in [0.717, 1.165) is 57.8 Å².